The summed E-state index contributed by atoms with van der Waals surface area (Å²) < 4.78 is 12.5. The second kappa shape index (κ2) is 5.55. The average molecular weight is 226 g/mol. The first-order valence-corrected chi connectivity index (χ1v) is 5.08. The summed E-state index contributed by atoms with van der Waals surface area (Å²) in [6.07, 6.45) is 1.17. The minimum atomic E-state index is -0.626. The Morgan fingerprint density at radius 2 is 2.25 bits per heavy atom. The molecule has 0 aliphatic carbocycles. The molecule has 0 spiro atoms. The molecule has 1 rings (SSSR count). The Balaban J connectivity index is 2.68. The van der Waals surface area contributed by atoms with Crippen molar-refractivity contribution in [1.82, 2.24) is 10.3 Å². The number of hydrogen-bond donors (Lipinski definition) is 2. The van der Waals surface area contributed by atoms with Crippen molar-refractivity contribution in [3.05, 3.63) is 29.8 Å². The number of pyridine rings is 1. The topological polar surface area (TPSA) is 62.2 Å². The van der Waals surface area contributed by atoms with Crippen LogP contribution in [0.2, 0.25) is 0 Å². The van der Waals surface area contributed by atoms with Gasteiger partial charge in [0.25, 0.3) is 5.91 Å². The van der Waals surface area contributed by atoms with Crippen molar-refractivity contribution in [2.24, 2.45) is 5.92 Å². The van der Waals surface area contributed by atoms with E-state index in [1.54, 1.807) is 0 Å². The van der Waals surface area contributed by atoms with Crippen LogP contribution in [0, 0.1) is 11.9 Å². The lowest BCUT2D eigenvalue weighted by atomic mass is 10.1. The molecule has 1 heterocycles. The van der Waals surface area contributed by atoms with Crippen molar-refractivity contribution in [3.8, 4) is 0 Å². The Kier molecular flexibility index (Phi) is 4.37. The standard InChI is InChI=1S/C11H15FN2O2/c1-7(2)9(6-15)14-11(16)8-3-4-10(12)13-5-8/h3-5,7,9,15H,6H2,1-2H3,(H,14,16). The van der Waals surface area contributed by atoms with Gasteiger partial charge in [-0.2, -0.15) is 4.39 Å². The lowest BCUT2D eigenvalue weighted by Crippen LogP contribution is -2.41. The van der Waals surface area contributed by atoms with Gasteiger partial charge in [-0.1, -0.05) is 13.8 Å². The lowest BCUT2D eigenvalue weighted by molar-refractivity contribution is 0.0896. The maximum atomic E-state index is 12.5. The van der Waals surface area contributed by atoms with Gasteiger partial charge in [0, 0.05) is 6.20 Å². The first kappa shape index (κ1) is 12.6. The van der Waals surface area contributed by atoms with Crippen LogP contribution in [0.4, 0.5) is 4.39 Å². The zero-order valence-electron chi connectivity index (χ0n) is 9.27. The predicted octanol–water partition coefficient (Wildman–Crippen LogP) is 0.967. The molecular formula is C11H15FN2O2. The molecule has 0 bridgehead atoms. The number of nitrogens with zero attached hydrogens (tertiary/aromatic N) is 1. The Bertz CT molecular complexity index is 352. The Hall–Kier alpha value is -1.49. The highest BCUT2D eigenvalue weighted by atomic mass is 19.1. The van der Waals surface area contributed by atoms with Crippen LogP contribution in [0.15, 0.2) is 18.3 Å². The van der Waals surface area contributed by atoms with E-state index in [4.69, 9.17) is 5.11 Å². The van der Waals surface area contributed by atoms with E-state index >= 15 is 0 Å². The highest BCUT2D eigenvalue weighted by Gasteiger charge is 2.16. The number of aliphatic hydroxyl groups excluding tert-OH is 1. The molecule has 2 N–H and O–H groups in total. The SMILES string of the molecule is CC(C)C(CO)NC(=O)c1ccc(F)nc1. The summed E-state index contributed by atoms with van der Waals surface area (Å²) in [6.45, 7) is 3.66. The van der Waals surface area contributed by atoms with Gasteiger partial charge in [0.1, 0.15) is 0 Å². The van der Waals surface area contributed by atoms with Crippen LogP contribution in [0.5, 0.6) is 0 Å². The molecule has 0 saturated heterocycles. The summed E-state index contributed by atoms with van der Waals surface area (Å²) in [5, 5.41) is 11.7. The molecule has 4 nitrogen and oxygen atoms in total. The fourth-order valence-electron chi connectivity index (χ4n) is 1.18. The van der Waals surface area contributed by atoms with Crippen molar-refractivity contribution in [3.63, 3.8) is 0 Å². The van der Waals surface area contributed by atoms with Crippen molar-refractivity contribution in [2.75, 3.05) is 6.61 Å². The fourth-order valence-corrected chi connectivity index (χ4v) is 1.18. The Labute approximate surface area is 93.5 Å². The third kappa shape index (κ3) is 3.27. The van der Waals surface area contributed by atoms with E-state index in [1.807, 2.05) is 13.8 Å². The summed E-state index contributed by atoms with van der Waals surface area (Å²) in [7, 11) is 0. The summed E-state index contributed by atoms with van der Waals surface area (Å²) in [4.78, 5) is 15.0. The van der Waals surface area contributed by atoms with E-state index in [2.05, 4.69) is 10.3 Å². The molecule has 88 valence electrons. The fraction of sp³-hybridized carbons (Fsp3) is 0.455. The van der Waals surface area contributed by atoms with Crippen LogP contribution in [0.1, 0.15) is 24.2 Å². The van der Waals surface area contributed by atoms with Gasteiger partial charge in [-0.05, 0) is 18.1 Å². The molecule has 1 atom stereocenters. The van der Waals surface area contributed by atoms with E-state index < -0.39 is 5.95 Å². The number of hydrogen-bond acceptors (Lipinski definition) is 3. The van der Waals surface area contributed by atoms with E-state index in [9.17, 15) is 9.18 Å². The second-order valence-corrected chi connectivity index (χ2v) is 3.88. The number of carbonyl (C=O) groups is 1. The molecule has 1 amide bonds. The third-order valence-corrected chi connectivity index (χ3v) is 2.31. The molecule has 0 fully saturated rings. The number of nitrogens with one attached hydrogen (secondary N) is 1. The molecule has 0 aromatic carbocycles. The summed E-state index contributed by atoms with van der Waals surface area (Å²) >= 11 is 0. The molecule has 1 aromatic heterocycles. The maximum absolute atomic E-state index is 12.5. The molecule has 1 unspecified atom stereocenters. The van der Waals surface area contributed by atoms with E-state index in [0.717, 1.165) is 6.07 Å². The molecule has 0 radical (unpaired) electrons. The number of halogens is 1. The number of aromatic nitrogens is 1. The van der Waals surface area contributed by atoms with Gasteiger partial charge in [-0.15, -0.1) is 0 Å². The maximum Gasteiger partial charge on any atom is 0.253 e. The van der Waals surface area contributed by atoms with E-state index in [0.29, 0.717) is 0 Å². The lowest BCUT2D eigenvalue weighted by Gasteiger charge is -2.19. The summed E-state index contributed by atoms with van der Waals surface area (Å²) in [5.74, 6) is -0.860. The van der Waals surface area contributed by atoms with Gasteiger partial charge < -0.3 is 10.4 Å². The third-order valence-electron chi connectivity index (χ3n) is 2.31. The van der Waals surface area contributed by atoms with Gasteiger partial charge in [0.2, 0.25) is 5.95 Å². The summed E-state index contributed by atoms with van der Waals surface area (Å²) in [6, 6.07) is 2.17. The Morgan fingerprint density at radius 1 is 1.56 bits per heavy atom. The largest absolute Gasteiger partial charge is 0.394 e. The molecule has 0 aliphatic rings. The normalized spacial score (nSPS) is 12.6. The number of amides is 1. The Morgan fingerprint density at radius 3 is 2.69 bits per heavy atom. The van der Waals surface area contributed by atoms with E-state index in [1.165, 1.54) is 12.3 Å². The van der Waals surface area contributed by atoms with Crippen LogP contribution in [-0.4, -0.2) is 28.6 Å². The van der Waals surface area contributed by atoms with Crippen molar-refractivity contribution in [2.45, 2.75) is 19.9 Å². The highest BCUT2D eigenvalue weighted by Crippen LogP contribution is 2.04. The van der Waals surface area contributed by atoms with Crippen LogP contribution in [-0.2, 0) is 0 Å². The molecule has 0 aliphatic heterocycles. The van der Waals surface area contributed by atoms with Gasteiger partial charge in [-0.25, -0.2) is 4.98 Å². The number of carbonyl (C=O) groups excluding carboxylic acids is 1. The van der Waals surface area contributed by atoms with E-state index in [-0.39, 0.29) is 30.0 Å². The molecule has 16 heavy (non-hydrogen) atoms. The summed E-state index contributed by atoms with van der Waals surface area (Å²) in [5.41, 5.74) is 0.278. The first-order valence-electron chi connectivity index (χ1n) is 5.08. The zero-order chi connectivity index (χ0) is 12.1. The number of aliphatic hydroxyl groups is 1. The van der Waals surface area contributed by atoms with Crippen molar-refractivity contribution in [1.29, 1.82) is 0 Å². The quantitative estimate of drug-likeness (QED) is 0.752. The minimum absolute atomic E-state index is 0.127. The smallest absolute Gasteiger partial charge is 0.253 e. The minimum Gasteiger partial charge on any atom is -0.394 e. The van der Waals surface area contributed by atoms with Crippen molar-refractivity contribution < 1.29 is 14.3 Å². The van der Waals surface area contributed by atoms with Gasteiger partial charge >= 0.3 is 0 Å². The molecule has 5 heteroatoms. The van der Waals surface area contributed by atoms with Crippen LogP contribution >= 0.6 is 0 Å². The van der Waals surface area contributed by atoms with Crippen LogP contribution in [0.3, 0.4) is 0 Å². The monoisotopic (exact) mass is 226 g/mol. The second-order valence-electron chi connectivity index (χ2n) is 3.88. The highest BCUT2D eigenvalue weighted by molar-refractivity contribution is 5.94. The zero-order valence-corrected chi connectivity index (χ0v) is 9.27. The first-order chi connectivity index (χ1) is 7.54. The van der Waals surface area contributed by atoms with Gasteiger partial charge in [-0.3, -0.25) is 4.79 Å². The average Bonchev–Trinajstić information content (AvgIpc) is 2.26. The van der Waals surface area contributed by atoms with Gasteiger partial charge in [0.15, 0.2) is 0 Å². The number of rotatable bonds is 4. The molecule has 1 aromatic rings. The molecule has 0 saturated carbocycles. The van der Waals surface area contributed by atoms with Gasteiger partial charge in [0.05, 0.1) is 18.2 Å². The molecular weight excluding hydrogens is 211 g/mol. The van der Waals surface area contributed by atoms with Crippen molar-refractivity contribution >= 4 is 5.91 Å². The predicted molar refractivity (Wildman–Crippen MR) is 57.4 cm³/mol. The van der Waals surface area contributed by atoms with Crippen LogP contribution < -0.4 is 5.32 Å². The van der Waals surface area contributed by atoms with Crippen LogP contribution in [0.25, 0.3) is 0 Å².